The molecular weight excluding hydrogens is 372 g/mol. The van der Waals surface area contributed by atoms with Crippen LogP contribution in [0.3, 0.4) is 0 Å². The predicted octanol–water partition coefficient (Wildman–Crippen LogP) is 4.51. The molecule has 4 unspecified atom stereocenters. The molecule has 0 radical (unpaired) electrons. The van der Waals surface area contributed by atoms with Crippen LogP contribution in [0.15, 0.2) is 33.5 Å². The predicted molar refractivity (Wildman–Crippen MR) is 89.2 cm³/mol. The molecule has 12 rings (SSSR count). The molecule has 0 saturated carbocycles. The molecule has 0 bridgehead atoms. The van der Waals surface area contributed by atoms with Gasteiger partial charge in [0.15, 0.2) is 0 Å². The summed E-state index contributed by atoms with van der Waals surface area (Å²) in [5, 5.41) is 0.608. The molecule has 10 fully saturated rings. The Hall–Kier alpha value is -1.58. The molecule has 0 amide bonds. The molecular formula is C21H16FeO4. The Morgan fingerprint density at radius 2 is 1.69 bits per heavy atom. The Bertz CT molecular complexity index is 1630. The quantitative estimate of drug-likeness (QED) is 0.432. The van der Waals surface area contributed by atoms with Crippen molar-refractivity contribution < 1.29 is 20.5 Å². The van der Waals surface area contributed by atoms with Gasteiger partial charge in [0.2, 0.25) is 0 Å². The second-order valence-electron chi connectivity index (χ2n) is 12.9. The monoisotopic (exact) mass is 388 g/mol. The molecule has 1 spiro atoms. The van der Waals surface area contributed by atoms with E-state index < -0.39 is 6.51 Å². The van der Waals surface area contributed by atoms with E-state index in [-0.39, 0.29) is 11.4 Å². The van der Waals surface area contributed by atoms with E-state index in [1.165, 1.54) is 40.6 Å². The number of hydrogen-bond acceptors (Lipinski definition) is 4. The van der Waals surface area contributed by atoms with E-state index in [0.717, 1.165) is 15.4 Å². The molecule has 4 nitrogen and oxygen atoms in total. The Morgan fingerprint density at radius 1 is 1.04 bits per heavy atom. The van der Waals surface area contributed by atoms with Gasteiger partial charge in [-0.25, -0.2) is 0 Å². The Balaban J connectivity index is 1.23. The maximum atomic E-state index is 12.9. The molecule has 0 N–H and O–H groups in total. The zero-order chi connectivity index (χ0) is 16.7. The first-order valence-corrected chi connectivity index (χ1v) is 16.1. The van der Waals surface area contributed by atoms with E-state index in [9.17, 15) is 9.59 Å². The number of benzene rings is 1. The van der Waals surface area contributed by atoms with Gasteiger partial charge in [-0.3, -0.25) is 0 Å². The topological polar surface area (TPSA) is 56.5 Å². The van der Waals surface area contributed by atoms with Crippen LogP contribution in [0.4, 0.5) is 0 Å². The third-order valence-electron chi connectivity index (χ3n) is 17.0. The van der Waals surface area contributed by atoms with E-state index in [4.69, 9.17) is 9.15 Å². The number of ether oxygens (including phenoxy) is 1. The van der Waals surface area contributed by atoms with Gasteiger partial charge in [-0.15, -0.1) is 0 Å². The van der Waals surface area contributed by atoms with Crippen molar-refractivity contribution in [3.05, 3.63) is 40.2 Å². The van der Waals surface area contributed by atoms with Gasteiger partial charge in [0.25, 0.3) is 0 Å². The Labute approximate surface area is 138 Å². The van der Waals surface area contributed by atoms with E-state index in [1.807, 2.05) is 6.07 Å². The van der Waals surface area contributed by atoms with Gasteiger partial charge in [0.1, 0.15) is 0 Å². The number of rotatable bonds is 2. The second-order valence-corrected chi connectivity index (χ2v) is 36.5. The number of esters is 1. The number of fused-ring (bicyclic) bond motifs is 11. The molecule has 1 aromatic heterocycles. The van der Waals surface area contributed by atoms with Crippen molar-refractivity contribution in [2.75, 3.05) is 0 Å². The first kappa shape index (κ1) is 10.7. The van der Waals surface area contributed by atoms with E-state index in [2.05, 4.69) is 0 Å². The van der Waals surface area contributed by atoms with Crippen LogP contribution in [0, 0.1) is 0 Å². The maximum absolute atomic E-state index is 12.9. The van der Waals surface area contributed by atoms with Crippen LogP contribution < -0.4 is 10.2 Å². The summed E-state index contributed by atoms with van der Waals surface area (Å²) in [5.41, 5.74) is 0.703. The molecule has 132 valence electrons. The summed E-state index contributed by atoms with van der Waals surface area (Å²) in [6.45, 7) is -1.95. The molecule has 5 heteroatoms. The van der Waals surface area contributed by atoms with Gasteiger partial charge in [-0.2, -0.15) is 0 Å². The molecule has 11 heterocycles. The van der Waals surface area contributed by atoms with Crippen molar-refractivity contribution in [2.24, 2.45) is 0 Å². The van der Waals surface area contributed by atoms with Crippen molar-refractivity contribution in [1.82, 2.24) is 0 Å². The summed E-state index contributed by atoms with van der Waals surface area (Å²) in [6.07, 6.45) is 0. The zero-order valence-corrected chi connectivity index (χ0v) is 15.1. The SMILES string of the molecule is CC(=O)Oc1ccc2c(=O)cc([C]34[CH]5[CH]6[CH]7[CH]3[Fe]6754389%10[CH]4[CH]3[CH]8[CH]9[CH]4%10)oc2c1. The minimum atomic E-state index is -3.34. The molecule has 26 heavy (non-hydrogen) atoms. The first-order chi connectivity index (χ1) is 12.3. The van der Waals surface area contributed by atoms with Gasteiger partial charge in [-0.05, 0) is 0 Å². The average Bonchev–Trinajstić information content (AvgIpc) is 3.53. The van der Waals surface area contributed by atoms with Crippen LogP contribution in [0.2, 0.25) is 43.3 Å². The van der Waals surface area contributed by atoms with Crippen LogP contribution in [-0.2, 0) is 15.6 Å². The first-order valence-electron chi connectivity index (χ1n) is 9.80. The third-order valence-corrected chi connectivity index (χ3v) is 59.3. The van der Waals surface area contributed by atoms with Gasteiger partial charge < -0.3 is 0 Å². The summed E-state index contributed by atoms with van der Waals surface area (Å²) in [4.78, 5) is 34.7. The molecule has 1 aromatic carbocycles. The summed E-state index contributed by atoms with van der Waals surface area (Å²) in [7, 11) is 0. The second kappa shape index (κ2) is 1.17. The Morgan fingerprint density at radius 3 is 2.19 bits per heavy atom. The van der Waals surface area contributed by atoms with Crippen LogP contribution >= 0.6 is 0 Å². The van der Waals surface area contributed by atoms with Crippen LogP contribution in [0.5, 0.6) is 5.75 Å². The number of carbonyl (C=O) groups excluding carboxylic acids is 1. The van der Waals surface area contributed by atoms with Crippen LogP contribution in [0.25, 0.3) is 11.0 Å². The molecule has 10 saturated heterocycles. The Kier molecular flexibility index (Phi) is 0.479. The van der Waals surface area contributed by atoms with Gasteiger partial charge in [0.05, 0.1) is 0 Å². The molecule has 4 atom stereocenters. The molecule has 10 aliphatic rings. The van der Waals surface area contributed by atoms with Gasteiger partial charge in [0, 0.05) is 0 Å². The van der Waals surface area contributed by atoms with E-state index in [0.29, 0.717) is 21.0 Å². The fraction of sp³-hybridized carbons (Fsp3) is 0.524. The normalized spacial score (nSPS) is 81.8. The van der Waals surface area contributed by atoms with Crippen molar-refractivity contribution >= 4 is 16.9 Å². The van der Waals surface area contributed by atoms with Crippen molar-refractivity contribution in [1.29, 1.82) is 0 Å². The average molecular weight is 388 g/mol. The summed E-state index contributed by atoms with van der Waals surface area (Å²) >= 11 is 0. The summed E-state index contributed by atoms with van der Waals surface area (Å²) < 4.78 is 12.2. The molecule has 2 aromatic rings. The van der Waals surface area contributed by atoms with Crippen molar-refractivity contribution in [2.45, 2.75) is 54.6 Å². The zero-order valence-electron chi connectivity index (χ0n) is 14.0. The third kappa shape index (κ3) is 0.169. The fourth-order valence-corrected chi connectivity index (χ4v) is 92.3. The van der Waals surface area contributed by atoms with Crippen molar-refractivity contribution in [3.63, 3.8) is 0 Å². The standard InChI is InChI=1S/C16H11O4.C5H5.Fe/c1-10(17)19-12-6-7-13-14(18)9-15(20-16(13)8-12)11-4-2-3-5-11;1-2-4-5-3-1;/h2-9H,1H3;1-5H;. The number of hydrogen-bond donors (Lipinski definition) is 0. The fourth-order valence-electron chi connectivity index (χ4n) is 18.4. The van der Waals surface area contributed by atoms with Crippen molar-refractivity contribution in [3.8, 4) is 5.75 Å². The molecule has 0 aliphatic carbocycles. The summed E-state index contributed by atoms with van der Waals surface area (Å²) in [6, 6.07) is 7.05. The van der Waals surface area contributed by atoms with Gasteiger partial charge in [-0.1, -0.05) is 0 Å². The van der Waals surface area contributed by atoms with Crippen LogP contribution in [-0.4, -0.2) is 5.97 Å². The van der Waals surface area contributed by atoms with Crippen LogP contribution in [0.1, 0.15) is 12.7 Å². The van der Waals surface area contributed by atoms with E-state index in [1.54, 1.807) is 18.2 Å². The van der Waals surface area contributed by atoms with E-state index >= 15 is 0 Å². The number of carbonyl (C=O) groups is 1. The minimum absolute atomic E-state index is 0.0894. The van der Waals surface area contributed by atoms with Gasteiger partial charge >= 0.3 is 138 Å². The summed E-state index contributed by atoms with van der Waals surface area (Å²) in [5.74, 6) is 1.20. The molecule has 10 aliphatic heterocycles.